The summed E-state index contributed by atoms with van der Waals surface area (Å²) in [5, 5.41) is 10.5. The number of quaternary nitrogens is 1. The zero-order valence-electron chi connectivity index (χ0n) is 9.99. The highest BCUT2D eigenvalue weighted by Crippen LogP contribution is 2.04. The molecule has 0 aromatic carbocycles. The number of esters is 1. The SMILES string of the molecule is [2H][C@@](CC(=O)[O-])(C[N+](C)(C)C)OC(C)=O. The number of nitrogens with zero attached hydrogens (tertiary/aromatic N) is 1. The molecular weight excluding hydrogens is 186 g/mol. The third-order valence-electron chi connectivity index (χ3n) is 1.28. The number of hydrogen-bond acceptors (Lipinski definition) is 4. The molecule has 1 atom stereocenters. The van der Waals surface area contributed by atoms with Gasteiger partial charge in [0.05, 0.1) is 22.5 Å². The van der Waals surface area contributed by atoms with Crippen molar-refractivity contribution in [3.05, 3.63) is 0 Å². The maximum atomic E-state index is 10.8. The molecule has 0 saturated heterocycles. The Balaban J connectivity index is 4.69. The Morgan fingerprint density at radius 2 is 2.00 bits per heavy atom. The monoisotopic (exact) mass is 204 g/mol. The van der Waals surface area contributed by atoms with Crippen LogP contribution in [0.25, 0.3) is 0 Å². The van der Waals surface area contributed by atoms with Gasteiger partial charge in [0, 0.05) is 19.3 Å². The molecule has 0 unspecified atom stereocenters. The van der Waals surface area contributed by atoms with Gasteiger partial charge in [-0.2, -0.15) is 0 Å². The first kappa shape index (κ1) is 11.0. The van der Waals surface area contributed by atoms with Crippen LogP contribution in [0.3, 0.4) is 0 Å². The summed E-state index contributed by atoms with van der Waals surface area (Å²) >= 11 is 0. The van der Waals surface area contributed by atoms with Gasteiger partial charge in [-0.25, -0.2) is 0 Å². The number of ether oxygens (including phenoxy) is 1. The van der Waals surface area contributed by atoms with Crippen LogP contribution >= 0.6 is 0 Å². The standard InChI is InChI=1S/C9H17NO4/c1-7(11)14-8(5-9(12)13)6-10(2,3)4/h8H,5-6H2,1-4H3/t8-/m1/s1/i8D. The topological polar surface area (TPSA) is 66.4 Å². The minimum atomic E-state index is -1.76. The fourth-order valence-electron chi connectivity index (χ4n) is 1.02. The molecule has 0 aliphatic heterocycles. The van der Waals surface area contributed by atoms with Gasteiger partial charge in [0.25, 0.3) is 0 Å². The van der Waals surface area contributed by atoms with Crippen LogP contribution in [0.4, 0.5) is 0 Å². The van der Waals surface area contributed by atoms with Gasteiger partial charge in [-0.3, -0.25) is 4.79 Å². The van der Waals surface area contributed by atoms with E-state index in [1.165, 1.54) is 0 Å². The van der Waals surface area contributed by atoms with Gasteiger partial charge in [-0.1, -0.05) is 0 Å². The Bertz CT molecular complexity index is 243. The van der Waals surface area contributed by atoms with Crippen molar-refractivity contribution in [2.24, 2.45) is 0 Å². The van der Waals surface area contributed by atoms with Crippen molar-refractivity contribution in [1.82, 2.24) is 0 Å². The number of carboxylic acid groups (broad SMARTS) is 1. The molecule has 0 radical (unpaired) electrons. The summed E-state index contributed by atoms with van der Waals surface area (Å²) in [6.45, 7) is 1.23. The van der Waals surface area contributed by atoms with E-state index in [0.29, 0.717) is 4.48 Å². The molecule has 0 N–H and O–H groups in total. The minimum Gasteiger partial charge on any atom is -0.550 e. The predicted octanol–water partition coefficient (Wildman–Crippen LogP) is -1.24. The van der Waals surface area contributed by atoms with E-state index in [1.54, 1.807) is 21.1 Å². The first-order chi connectivity index (χ1) is 6.54. The predicted molar refractivity (Wildman–Crippen MR) is 48.1 cm³/mol. The highest BCUT2D eigenvalue weighted by molar-refractivity contribution is 5.68. The van der Waals surface area contributed by atoms with Crippen LogP contribution in [0.2, 0.25) is 0 Å². The van der Waals surface area contributed by atoms with Gasteiger partial charge in [-0.05, 0) is 0 Å². The van der Waals surface area contributed by atoms with Gasteiger partial charge in [-0.15, -0.1) is 0 Å². The van der Waals surface area contributed by atoms with Crippen LogP contribution in [0.5, 0.6) is 0 Å². The molecule has 0 spiro atoms. The molecule has 0 amide bonds. The molecule has 0 rings (SSSR count). The Morgan fingerprint density at radius 1 is 1.50 bits per heavy atom. The van der Waals surface area contributed by atoms with Crippen molar-refractivity contribution in [2.75, 3.05) is 27.7 Å². The summed E-state index contributed by atoms with van der Waals surface area (Å²) in [4.78, 5) is 21.2. The molecule has 5 nitrogen and oxygen atoms in total. The lowest BCUT2D eigenvalue weighted by Gasteiger charge is -2.28. The molecule has 0 heterocycles. The van der Waals surface area contributed by atoms with Crippen molar-refractivity contribution >= 4 is 11.9 Å². The molecule has 0 aliphatic carbocycles. The van der Waals surface area contributed by atoms with Gasteiger partial charge in [0.1, 0.15) is 6.54 Å². The molecule has 82 valence electrons. The van der Waals surface area contributed by atoms with E-state index in [2.05, 4.69) is 0 Å². The van der Waals surface area contributed by atoms with E-state index in [4.69, 9.17) is 6.11 Å². The largest absolute Gasteiger partial charge is 0.550 e. The molecular formula is C9H17NO4. The smallest absolute Gasteiger partial charge is 0.303 e. The van der Waals surface area contributed by atoms with E-state index < -0.39 is 24.4 Å². The third kappa shape index (κ3) is 7.54. The van der Waals surface area contributed by atoms with Crippen LogP contribution in [-0.4, -0.2) is 50.2 Å². The second-order valence-corrected chi connectivity index (χ2v) is 4.13. The summed E-state index contributed by atoms with van der Waals surface area (Å²) in [6, 6.07) is 0. The van der Waals surface area contributed by atoms with Crippen molar-refractivity contribution in [3.63, 3.8) is 0 Å². The second-order valence-electron chi connectivity index (χ2n) is 4.13. The van der Waals surface area contributed by atoms with E-state index >= 15 is 0 Å². The number of likely N-dealkylation sites (N-methyl/N-ethyl adjacent to an activating group) is 1. The maximum Gasteiger partial charge on any atom is 0.303 e. The number of carbonyl (C=O) groups excluding carboxylic acids is 2. The molecule has 14 heavy (non-hydrogen) atoms. The van der Waals surface area contributed by atoms with Crippen LogP contribution in [-0.2, 0) is 14.3 Å². The third-order valence-corrected chi connectivity index (χ3v) is 1.28. The number of aliphatic carboxylic acids is 1. The lowest BCUT2D eigenvalue weighted by molar-refractivity contribution is -0.873. The van der Waals surface area contributed by atoms with E-state index in [-0.39, 0.29) is 6.54 Å². The lowest BCUT2D eigenvalue weighted by Crippen LogP contribution is -2.45. The lowest BCUT2D eigenvalue weighted by atomic mass is 10.2. The van der Waals surface area contributed by atoms with Crippen LogP contribution in [0.15, 0.2) is 0 Å². The van der Waals surface area contributed by atoms with Crippen LogP contribution in [0.1, 0.15) is 14.7 Å². The summed E-state index contributed by atoms with van der Waals surface area (Å²) in [6.07, 6.45) is -2.38. The minimum absolute atomic E-state index is 0.0839. The van der Waals surface area contributed by atoms with Crippen molar-refractivity contribution in [1.29, 1.82) is 0 Å². The Morgan fingerprint density at radius 3 is 2.29 bits per heavy atom. The van der Waals surface area contributed by atoms with E-state index in [1.807, 2.05) is 0 Å². The van der Waals surface area contributed by atoms with E-state index in [9.17, 15) is 14.7 Å². The Labute approximate surface area is 85.3 Å². The summed E-state index contributed by atoms with van der Waals surface area (Å²) < 4.78 is 12.8. The highest BCUT2D eigenvalue weighted by Gasteiger charge is 2.20. The maximum absolute atomic E-state index is 10.8. The molecule has 5 heteroatoms. The molecule has 0 saturated carbocycles. The zero-order chi connectivity index (χ0) is 12.3. The molecule has 0 aromatic heterocycles. The zero-order valence-corrected chi connectivity index (χ0v) is 8.99. The molecule has 0 aliphatic rings. The molecule has 0 fully saturated rings. The van der Waals surface area contributed by atoms with Crippen LogP contribution < -0.4 is 5.11 Å². The van der Waals surface area contributed by atoms with Crippen LogP contribution in [0, 0.1) is 0 Å². The van der Waals surface area contributed by atoms with Gasteiger partial charge >= 0.3 is 5.97 Å². The van der Waals surface area contributed by atoms with Crippen molar-refractivity contribution < 1.29 is 25.3 Å². The number of hydrogen-bond donors (Lipinski definition) is 0. The van der Waals surface area contributed by atoms with Gasteiger partial charge in [0.15, 0.2) is 6.08 Å². The number of rotatable bonds is 5. The fraction of sp³-hybridized carbons (Fsp3) is 0.778. The molecule has 0 bridgehead atoms. The summed E-state index contributed by atoms with van der Waals surface area (Å²) in [5.41, 5.74) is 0. The summed E-state index contributed by atoms with van der Waals surface area (Å²) in [7, 11) is 5.34. The van der Waals surface area contributed by atoms with E-state index in [0.717, 1.165) is 6.92 Å². The quantitative estimate of drug-likeness (QED) is 0.415. The first-order valence-electron chi connectivity index (χ1n) is 4.74. The highest BCUT2D eigenvalue weighted by atomic mass is 16.5. The molecule has 0 aromatic rings. The summed E-state index contributed by atoms with van der Waals surface area (Å²) in [5.74, 6) is -2.07. The van der Waals surface area contributed by atoms with Crippen molar-refractivity contribution in [3.8, 4) is 0 Å². The normalized spacial score (nSPS) is 16.7. The van der Waals surface area contributed by atoms with Crippen molar-refractivity contribution in [2.45, 2.75) is 19.4 Å². The van der Waals surface area contributed by atoms with Gasteiger partial charge in [0.2, 0.25) is 0 Å². The first-order valence-corrected chi connectivity index (χ1v) is 4.24. The number of carbonyl (C=O) groups is 2. The average Bonchev–Trinajstić information content (AvgIpc) is 1.73. The second kappa shape index (κ2) is 4.95. The Kier molecular flexibility index (Phi) is 3.88. The number of carboxylic acids is 1. The Hall–Kier alpha value is -1.10. The average molecular weight is 204 g/mol. The van der Waals surface area contributed by atoms with Gasteiger partial charge < -0.3 is 19.1 Å². The fourth-order valence-corrected chi connectivity index (χ4v) is 1.02.